The molecule has 1 saturated carbocycles. The van der Waals surface area contributed by atoms with E-state index in [-0.39, 0.29) is 10.5 Å². The summed E-state index contributed by atoms with van der Waals surface area (Å²) in [7, 11) is -2.56. The Bertz CT molecular complexity index is 1170. The molecule has 3 aromatic carbocycles. The van der Waals surface area contributed by atoms with Gasteiger partial charge in [0, 0.05) is 13.0 Å². The third kappa shape index (κ3) is 4.80. The molecule has 2 nitrogen and oxygen atoms in total. The maximum atomic E-state index is 13.3. The van der Waals surface area contributed by atoms with E-state index in [1.54, 1.807) is 0 Å². The van der Waals surface area contributed by atoms with Crippen LogP contribution in [0.4, 0.5) is 0 Å². The van der Waals surface area contributed by atoms with Gasteiger partial charge >= 0.3 is 0 Å². The van der Waals surface area contributed by atoms with Gasteiger partial charge in [0.25, 0.3) is 8.32 Å². The summed E-state index contributed by atoms with van der Waals surface area (Å²) in [6, 6.07) is 31.8. The van der Waals surface area contributed by atoms with Gasteiger partial charge in [0.1, 0.15) is 5.78 Å². The molecule has 1 aliphatic rings. The van der Waals surface area contributed by atoms with Gasteiger partial charge in [-0.3, -0.25) is 4.79 Å². The van der Waals surface area contributed by atoms with E-state index in [1.165, 1.54) is 10.4 Å². The minimum Gasteiger partial charge on any atom is -0.407 e. The molecule has 3 aromatic rings. The van der Waals surface area contributed by atoms with E-state index >= 15 is 0 Å². The molecular weight excluding hydrogens is 468 g/mol. The van der Waals surface area contributed by atoms with Crippen LogP contribution in [0.1, 0.15) is 65.9 Å². The number of carbonyl (C=O) groups is 1. The molecule has 0 amide bonds. The topological polar surface area (TPSA) is 26.3 Å². The maximum absolute atomic E-state index is 13.3. The molecule has 1 fully saturated rings. The molecule has 0 saturated heterocycles. The van der Waals surface area contributed by atoms with E-state index in [9.17, 15) is 4.79 Å². The fourth-order valence-electron chi connectivity index (χ4n) is 6.51. The molecule has 4 rings (SSSR count). The maximum Gasteiger partial charge on any atom is 0.261 e. The summed E-state index contributed by atoms with van der Waals surface area (Å²) in [5, 5.41) is 2.57. The van der Waals surface area contributed by atoms with Gasteiger partial charge in [-0.1, -0.05) is 125 Å². The summed E-state index contributed by atoms with van der Waals surface area (Å²) in [5.41, 5.74) is 1.30. The van der Waals surface area contributed by atoms with E-state index in [0.29, 0.717) is 18.8 Å². The van der Waals surface area contributed by atoms with Crippen molar-refractivity contribution >= 4 is 30.0 Å². The highest BCUT2D eigenvalue weighted by molar-refractivity contribution is 6.99. The average Bonchev–Trinajstić information content (AvgIpc) is 3.14. The van der Waals surface area contributed by atoms with E-state index in [0.717, 1.165) is 30.4 Å². The number of hydrogen-bond acceptors (Lipinski definition) is 2. The highest BCUT2D eigenvalue weighted by Crippen LogP contribution is 2.59. The first kappa shape index (κ1) is 27.3. The van der Waals surface area contributed by atoms with Gasteiger partial charge in [-0.25, -0.2) is 0 Å². The highest BCUT2D eigenvalue weighted by atomic mass is 28.4. The normalized spacial score (nSPS) is 22.2. The smallest absolute Gasteiger partial charge is 0.261 e. The first-order chi connectivity index (χ1) is 17.6. The molecule has 0 aliphatic heterocycles. The first-order valence-electron chi connectivity index (χ1n) is 13.6. The molecular formula is C34H42O2Si. The van der Waals surface area contributed by atoms with Gasteiger partial charge in [0.2, 0.25) is 0 Å². The Labute approximate surface area is 224 Å². The molecule has 0 aromatic heterocycles. The predicted molar refractivity (Wildman–Crippen MR) is 159 cm³/mol. The molecule has 0 heterocycles. The number of carbonyl (C=O) groups excluding carboxylic acids is 1. The SMILES string of the molecule is C=C(c1ccccc1)[C@@]1(C)C(=O)CC[C@@]1(C)CCCO[Si](c1ccccc1)(c1ccccc1)C(C)(C)C. The van der Waals surface area contributed by atoms with E-state index < -0.39 is 13.7 Å². The van der Waals surface area contributed by atoms with Crippen LogP contribution in [0.15, 0.2) is 97.6 Å². The van der Waals surface area contributed by atoms with Crippen molar-refractivity contribution < 1.29 is 9.22 Å². The number of rotatable bonds is 9. The lowest BCUT2D eigenvalue weighted by Crippen LogP contribution is -2.66. The lowest BCUT2D eigenvalue weighted by atomic mass is 9.60. The van der Waals surface area contributed by atoms with Crippen LogP contribution in [0.2, 0.25) is 5.04 Å². The molecule has 0 N–H and O–H groups in total. The Balaban J connectivity index is 1.59. The van der Waals surface area contributed by atoms with E-state index in [1.807, 2.05) is 18.2 Å². The van der Waals surface area contributed by atoms with Crippen LogP contribution in [0, 0.1) is 10.8 Å². The van der Waals surface area contributed by atoms with E-state index in [2.05, 4.69) is 114 Å². The quantitative estimate of drug-likeness (QED) is 0.221. The lowest BCUT2D eigenvalue weighted by molar-refractivity contribution is -0.125. The van der Waals surface area contributed by atoms with Crippen LogP contribution in [0.5, 0.6) is 0 Å². The number of benzene rings is 3. The van der Waals surface area contributed by atoms with Crippen LogP contribution in [-0.2, 0) is 9.22 Å². The van der Waals surface area contributed by atoms with Crippen molar-refractivity contribution in [2.75, 3.05) is 6.61 Å². The average molecular weight is 511 g/mol. The molecule has 0 unspecified atom stereocenters. The fourth-order valence-corrected chi connectivity index (χ4v) is 11.1. The zero-order valence-electron chi connectivity index (χ0n) is 23.2. The first-order valence-corrected chi connectivity index (χ1v) is 15.5. The van der Waals surface area contributed by atoms with Crippen molar-refractivity contribution in [2.45, 2.75) is 65.3 Å². The number of ketones is 1. The molecule has 0 bridgehead atoms. The molecule has 1 aliphatic carbocycles. The number of Topliss-reactive ketones (excluding diaryl/α,β-unsaturated/α-hetero) is 1. The largest absolute Gasteiger partial charge is 0.407 e. The molecule has 0 spiro atoms. The van der Waals surface area contributed by atoms with Gasteiger partial charge in [0.15, 0.2) is 0 Å². The van der Waals surface area contributed by atoms with Gasteiger partial charge in [-0.2, -0.15) is 0 Å². The van der Waals surface area contributed by atoms with Crippen molar-refractivity contribution in [3.8, 4) is 0 Å². The van der Waals surface area contributed by atoms with Gasteiger partial charge in [0.05, 0.1) is 5.41 Å². The Hall–Kier alpha value is -2.75. The Morgan fingerprint density at radius 1 is 0.865 bits per heavy atom. The second-order valence-electron chi connectivity index (χ2n) is 12.1. The van der Waals surface area contributed by atoms with Crippen molar-refractivity contribution in [2.24, 2.45) is 10.8 Å². The molecule has 2 atom stereocenters. The molecule has 3 heteroatoms. The summed E-state index contributed by atoms with van der Waals surface area (Å²) in [6.45, 7) is 16.5. The van der Waals surface area contributed by atoms with Crippen molar-refractivity contribution in [1.82, 2.24) is 0 Å². The van der Waals surface area contributed by atoms with Crippen LogP contribution in [0.25, 0.3) is 5.57 Å². The summed E-state index contributed by atoms with van der Waals surface area (Å²) >= 11 is 0. The zero-order valence-corrected chi connectivity index (χ0v) is 24.2. The Morgan fingerprint density at radius 3 is 1.84 bits per heavy atom. The number of hydrogen-bond donors (Lipinski definition) is 0. The second kappa shape index (κ2) is 10.5. The van der Waals surface area contributed by atoms with Crippen LogP contribution in [0.3, 0.4) is 0 Å². The minimum absolute atomic E-state index is 0.0426. The second-order valence-corrected chi connectivity index (χ2v) is 16.4. The zero-order chi connectivity index (χ0) is 26.7. The number of allylic oxidation sites excluding steroid dienone is 1. The van der Waals surface area contributed by atoms with Crippen LogP contribution < -0.4 is 10.4 Å². The molecule has 37 heavy (non-hydrogen) atoms. The molecule has 194 valence electrons. The fraction of sp³-hybridized carbons (Fsp3) is 0.382. The monoisotopic (exact) mass is 510 g/mol. The molecule has 0 radical (unpaired) electrons. The van der Waals surface area contributed by atoms with Crippen LogP contribution >= 0.6 is 0 Å². The Morgan fingerprint density at radius 2 is 1.35 bits per heavy atom. The highest BCUT2D eigenvalue weighted by Gasteiger charge is 2.56. The minimum atomic E-state index is -2.56. The van der Waals surface area contributed by atoms with Crippen molar-refractivity contribution in [3.63, 3.8) is 0 Å². The lowest BCUT2D eigenvalue weighted by Gasteiger charge is -2.44. The van der Waals surface area contributed by atoms with E-state index in [4.69, 9.17) is 4.43 Å². The third-order valence-electron chi connectivity index (χ3n) is 9.00. The summed E-state index contributed by atoms with van der Waals surface area (Å²) in [4.78, 5) is 13.3. The van der Waals surface area contributed by atoms with Crippen molar-refractivity contribution in [3.05, 3.63) is 103 Å². The van der Waals surface area contributed by atoms with Gasteiger partial charge < -0.3 is 4.43 Å². The standard InChI is InChI=1S/C34H42O2Si/c1-27(28-17-10-7-11-18-28)34(6)31(35)23-25-33(34,5)24-16-26-36-37(32(2,3)4,29-19-12-8-13-20-29)30-21-14-9-15-22-30/h7-15,17-22H,1,16,23-26H2,2-6H3/t33-,34+/m1/s1. The van der Waals surface area contributed by atoms with Gasteiger partial charge in [-0.15, -0.1) is 0 Å². The summed E-state index contributed by atoms with van der Waals surface area (Å²) in [5.74, 6) is 0.316. The van der Waals surface area contributed by atoms with Gasteiger partial charge in [-0.05, 0) is 58.1 Å². The third-order valence-corrected chi connectivity index (χ3v) is 14.0. The Kier molecular flexibility index (Phi) is 7.78. The van der Waals surface area contributed by atoms with Crippen LogP contribution in [-0.4, -0.2) is 20.7 Å². The van der Waals surface area contributed by atoms with Crippen molar-refractivity contribution in [1.29, 1.82) is 0 Å². The predicted octanol–water partition coefficient (Wildman–Crippen LogP) is 7.43. The summed E-state index contributed by atoms with van der Waals surface area (Å²) in [6.07, 6.45) is 3.35. The summed E-state index contributed by atoms with van der Waals surface area (Å²) < 4.78 is 7.14.